The summed E-state index contributed by atoms with van der Waals surface area (Å²) >= 11 is 2.44. The second kappa shape index (κ2) is 14.5. The topological polar surface area (TPSA) is 35.9 Å². The van der Waals surface area contributed by atoms with E-state index in [9.17, 15) is 4.79 Å². The first kappa shape index (κ1) is 29.2. The van der Waals surface area contributed by atoms with Crippen LogP contribution in [0.15, 0.2) is 5.10 Å². The van der Waals surface area contributed by atoms with E-state index in [-0.39, 0.29) is 6.04 Å². The maximum Gasteiger partial charge on any atom is 0.247 e. The lowest BCUT2D eigenvalue weighted by Crippen LogP contribution is -2.56. The maximum atomic E-state index is 14.0. The molecule has 3 saturated carbocycles. The van der Waals surface area contributed by atoms with Gasteiger partial charge in [0.2, 0.25) is 5.91 Å². The van der Waals surface area contributed by atoms with Crippen molar-refractivity contribution < 1.29 is 4.79 Å². The molecule has 216 valence electrons. The van der Waals surface area contributed by atoms with Crippen LogP contribution in [0.5, 0.6) is 0 Å². The Hall–Kier alpha value is -0.330. The molecular formula is C33H56IN3O. The van der Waals surface area contributed by atoms with Gasteiger partial charge in [0.1, 0.15) is 9.76 Å². The molecule has 3 aliphatic carbocycles. The minimum absolute atomic E-state index is 0.0114. The first-order valence-corrected chi connectivity index (χ1v) is 18.0. The Morgan fingerprint density at radius 3 is 1.87 bits per heavy atom. The first-order chi connectivity index (χ1) is 18.6. The SMILES string of the molecule is CC(C1CCCCCCC1)C1CCCC(CN2CCC3C(I)=NN(C4CCCCCCC4)C3C2=O)CCC1. The van der Waals surface area contributed by atoms with Gasteiger partial charge >= 0.3 is 0 Å². The van der Waals surface area contributed by atoms with E-state index in [1.165, 1.54) is 132 Å². The smallest absolute Gasteiger partial charge is 0.247 e. The number of rotatable bonds is 5. The van der Waals surface area contributed by atoms with E-state index >= 15 is 0 Å². The highest BCUT2D eigenvalue weighted by Crippen LogP contribution is 2.40. The molecule has 0 bridgehead atoms. The largest absolute Gasteiger partial charge is 0.341 e. The number of halogens is 1. The Bertz CT molecular complexity index is 760. The number of hydrogen-bond donors (Lipinski definition) is 0. The summed E-state index contributed by atoms with van der Waals surface area (Å²) in [7, 11) is 0. The molecule has 3 atom stereocenters. The van der Waals surface area contributed by atoms with Crippen molar-refractivity contribution in [1.82, 2.24) is 9.91 Å². The fourth-order valence-electron chi connectivity index (χ4n) is 8.95. The van der Waals surface area contributed by atoms with Crippen LogP contribution in [0.4, 0.5) is 0 Å². The number of hydrazone groups is 1. The zero-order chi connectivity index (χ0) is 26.3. The Morgan fingerprint density at radius 2 is 1.26 bits per heavy atom. The van der Waals surface area contributed by atoms with Crippen LogP contribution >= 0.6 is 22.6 Å². The molecule has 0 aromatic rings. The molecule has 1 saturated heterocycles. The maximum absolute atomic E-state index is 14.0. The molecule has 4 fully saturated rings. The zero-order valence-corrected chi connectivity index (χ0v) is 26.6. The molecule has 0 N–H and O–H groups in total. The van der Waals surface area contributed by atoms with Crippen molar-refractivity contribution in [3.8, 4) is 0 Å². The van der Waals surface area contributed by atoms with Gasteiger partial charge in [-0.05, 0) is 78.4 Å². The quantitative estimate of drug-likeness (QED) is 0.282. The molecule has 0 aromatic carbocycles. The molecule has 2 aliphatic heterocycles. The van der Waals surface area contributed by atoms with Crippen LogP contribution in [0.3, 0.4) is 0 Å². The van der Waals surface area contributed by atoms with Gasteiger partial charge in [0.25, 0.3) is 0 Å². The number of amides is 1. The molecule has 38 heavy (non-hydrogen) atoms. The van der Waals surface area contributed by atoms with Gasteiger partial charge in [-0.3, -0.25) is 9.80 Å². The Labute approximate surface area is 247 Å². The summed E-state index contributed by atoms with van der Waals surface area (Å²) < 4.78 is 1.19. The average molecular weight is 638 g/mol. The standard InChI is InChI=1S/C33H56IN3O/c1-25(27-16-8-4-2-5-9-17-27)28-18-12-14-26(15-13-19-28)24-36-23-22-30-31(33(36)38)37(35-32(30)34)29-20-10-6-3-7-11-21-29/h25-31H,2-24H2,1H3. The molecular weight excluding hydrogens is 581 g/mol. The number of piperidine rings is 1. The Morgan fingerprint density at radius 1 is 0.737 bits per heavy atom. The van der Waals surface area contributed by atoms with Gasteiger partial charge in [0, 0.05) is 25.0 Å². The van der Waals surface area contributed by atoms with Crippen molar-refractivity contribution >= 4 is 32.2 Å². The molecule has 5 heteroatoms. The summed E-state index contributed by atoms with van der Waals surface area (Å²) in [6, 6.07) is 0.458. The second-order valence-electron chi connectivity index (χ2n) is 13.9. The summed E-state index contributed by atoms with van der Waals surface area (Å²) in [5.41, 5.74) is 0. The Balaban J connectivity index is 1.13. The predicted molar refractivity (Wildman–Crippen MR) is 168 cm³/mol. The number of carbonyl (C=O) groups excluding carboxylic acids is 1. The van der Waals surface area contributed by atoms with E-state index in [4.69, 9.17) is 5.10 Å². The highest BCUT2D eigenvalue weighted by molar-refractivity contribution is 14.1. The molecule has 5 aliphatic rings. The predicted octanol–water partition coefficient (Wildman–Crippen LogP) is 8.96. The van der Waals surface area contributed by atoms with Crippen LogP contribution in [-0.2, 0) is 4.79 Å². The van der Waals surface area contributed by atoms with Crippen molar-refractivity contribution in [3.05, 3.63) is 0 Å². The van der Waals surface area contributed by atoms with E-state index in [0.29, 0.717) is 23.8 Å². The van der Waals surface area contributed by atoms with Gasteiger partial charge in [0.15, 0.2) is 0 Å². The van der Waals surface area contributed by atoms with E-state index in [1.54, 1.807) is 0 Å². The van der Waals surface area contributed by atoms with Crippen molar-refractivity contribution in [2.75, 3.05) is 13.1 Å². The Kier molecular flexibility index (Phi) is 11.2. The third-order valence-corrected chi connectivity index (χ3v) is 12.4. The molecule has 5 rings (SSSR count). The second-order valence-corrected chi connectivity index (χ2v) is 15.0. The van der Waals surface area contributed by atoms with E-state index in [2.05, 4.69) is 39.4 Å². The number of fused-ring (bicyclic) bond motifs is 1. The first-order valence-electron chi connectivity index (χ1n) is 16.9. The summed E-state index contributed by atoms with van der Waals surface area (Å²) in [6.45, 7) is 4.55. The molecule has 0 aromatic heterocycles. The lowest BCUT2D eigenvalue weighted by atomic mass is 9.72. The van der Waals surface area contributed by atoms with Crippen LogP contribution < -0.4 is 0 Å². The van der Waals surface area contributed by atoms with Crippen LogP contribution in [-0.4, -0.2) is 44.7 Å². The van der Waals surface area contributed by atoms with E-state index in [0.717, 1.165) is 37.3 Å². The highest BCUT2D eigenvalue weighted by Gasteiger charge is 2.48. The third-order valence-electron chi connectivity index (χ3n) is 11.4. The summed E-state index contributed by atoms with van der Waals surface area (Å²) in [6.07, 6.45) is 28.8. The van der Waals surface area contributed by atoms with Gasteiger partial charge in [-0.2, -0.15) is 5.10 Å². The highest BCUT2D eigenvalue weighted by atomic mass is 127. The van der Waals surface area contributed by atoms with Gasteiger partial charge < -0.3 is 4.90 Å². The zero-order valence-electron chi connectivity index (χ0n) is 24.4. The van der Waals surface area contributed by atoms with E-state index in [1.807, 2.05) is 0 Å². The molecule has 2 heterocycles. The lowest BCUT2D eigenvalue weighted by Gasteiger charge is -2.42. The number of nitrogens with zero attached hydrogens (tertiary/aromatic N) is 3. The van der Waals surface area contributed by atoms with Gasteiger partial charge in [-0.25, -0.2) is 0 Å². The minimum atomic E-state index is -0.0114. The van der Waals surface area contributed by atoms with Gasteiger partial charge in [-0.15, -0.1) is 0 Å². The van der Waals surface area contributed by atoms with Crippen LogP contribution in [0, 0.1) is 29.6 Å². The normalized spacial score (nSPS) is 34.3. The van der Waals surface area contributed by atoms with Crippen molar-refractivity contribution in [1.29, 1.82) is 0 Å². The van der Waals surface area contributed by atoms with Crippen LogP contribution in [0.1, 0.15) is 142 Å². The number of carbonyl (C=O) groups is 1. The summed E-state index contributed by atoms with van der Waals surface area (Å²) in [4.78, 5) is 16.2. The van der Waals surface area contributed by atoms with Crippen molar-refractivity contribution in [2.45, 2.75) is 154 Å². The summed E-state index contributed by atoms with van der Waals surface area (Å²) in [5, 5.41) is 7.36. The molecule has 0 radical (unpaired) electrons. The lowest BCUT2D eigenvalue weighted by molar-refractivity contribution is -0.143. The fourth-order valence-corrected chi connectivity index (χ4v) is 9.85. The third kappa shape index (κ3) is 7.29. The monoisotopic (exact) mass is 637 g/mol. The summed E-state index contributed by atoms with van der Waals surface area (Å²) in [5.74, 6) is 4.27. The molecule has 4 nitrogen and oxygen atoms in total. The number of likely N-dealkylation sites (tertiary alicyclic amines) is 1. The van der Waals surface area contributed by atoms with Crippen molar-refractivity contribution in [2.24, 2.45) is 34.7 Å². The van der Waals surface area contributed by atoms with Crippen molar-refractivity contribution in [3.63, 3.8) is 0 Å². The molecule has 1 amide bonds. The van der Waals surface area contributed by atoms with E-state index < -0.39 is 0 Å². The molecule has 0 spiro atoms. The minimum Gasteiger partial charge on any atom is -0.341 e. The van der Waals surface area contributed by atoms with Gasteiger partial charge in [0.05, 0.1) is 0 Å². The van der Waals surface area contributed by atoms with Crippen LogP contribution in [0.25, 0.3) is 0 Å². The average Bonchev–Trinajstić information content (AvgIpc) is 3.18. The molecule has 3 unspecified atom stereocenters. The van der Waals surface area contributed by atoms with Gasteiger partial charge in [-0.1, -0.05) is 110 Å². The fraction of sp³-hybridized carbons (Fsp3) is 0.939. The number of hydrogen-bond acceptors (Lipinski definition) is 3. The van der Waals surface area contributed by atoms with Crippen LogP contribution in [0.2, 0.25) is 0 Å².